The molecule has 0 fully saturated rings. The molecule has 0 spiro atoms. The van der Waals surface area contributed by atoms with Gasteiger partial charge in [-0.05, 0) is 0 Å². The summed E-state index contributed by atoms with van der Waals surface area (Å²) in [5, 5.41) is 0. The molecule has 0 amide bonds. The SMILES string of the molecule is O=c1[nH]c2nc[nH]c2c(=O)n1I. The zero-order valence-corrected chi connectivity index (χ0v) is 7.82. The largest absolute Gasteiger partial charge is 0.339 e. The molecular weight excluding hydrogens is 275 g/mol. The molecule has 0 saturated heterocycles. The van der Waals surface area contributed by atoms with Crippen LogP contribution in [0.2, 0.25) is 0 Å². The zero-order valence-electron chi connectivity index (χ0n) is 5.67. The van der Waals surface area contributed by atoms with Gasteiger partial charge in [0.1, 0.15) is 5.52 Å². The number of aromatic nitrogens is 4. The van der Waals surface area contributed by atoms with Crippen molar-refractivity contribution in [1.29, 1.82) is 0 Å². The lowest BCUT2D eigenvalue weighted by Crippen LogP contribution is -2.28. The molecule has 62 valence electrons. The molecular formula is C5H3IN4O2. The molecule has 0 saturated carbocycles. The average Bonchev–Trinajstić information content (AvgIpc) is 2.48. The Balaban J connectivity index is 3.16. The van der Waals surface area contributed by atoms with Gasteiger partial charge in [-0.3, -0.25) is 9.78 Å². The minimum Gasteiger partial charge on any atom is -0.339 e. The van der Waals surface area contributed by atoms with Gasteiger partial charge < -0.3 is 4.98 Å². The molecule has 0 aliphatic heterocycles. The lowest BCUT2D eigenvalue weighted by molar-refractivity contribution is 1.04. The molecule has 0 aliphatic rings. The Morgan fingerprint density at radius 1 is 1.50 bits per heavy atom. The van der Waals surface area contributed by atoms with Crippen molar-refractivity contribution in [3.05, 3.63) is 27.2 Å². The molecule has 7 heteroatoms. The van der Waals surface area contributed by atoms with Gasteiger partial charge in [0, 0.05) is 0 Å². The number of aromatic amines is 2. The van der Waals surface area contributed by atoms with Gasteiger partial charge >= 0.3 is 5.69 Å². The summed E-state index contributed by atoms with van der Waals surface area (Å²) in [7, 11) is 0. The maximum absolute atomic E-state index is 11.3. The van der Waals surface area contributed by atoms with E-state index in [-0.39, 0.29) is 11.2 Å². The first-order chi connectivity index (χ1) is 5.70. The maximum atomic E-state index is 11.3. The summed E-state index contributed by atoms with van der Waals surface area (Å²) < 4.78 is 0.957. The highest BCUT2D eigenvalue weighted by molar-refractivity contribution is 14.1. The van der Waals surface area contributed by atoms with Crippen LogP contribution in [0.1, 0.15) is 0 Å². The first-order valence-corrected chi connectivity index (χ1v) is 4.01. The van der Waals surface area contributed by atoms with Crippen LogP contribution in [-0.4, -0.2) is 17.7 Å². The number of hydrogen-bond donors (Lipinski definition) is 2. The molecule has 6 nitrogen and oxygen atoms in total. The third-order valence-corrected chi connectivity index (χ3v) is 2.31. The summed E-state index contributed by atoms with van der Waals surface area (Å²) in [6.45, 7) is 0. The highest BCUT2D eigenvalue weighted by Crippen LogP contribution is 1.95. The van der Waals surface area contributed by atoms with Crippen molar-refractivity contribution >= 4 is 34.0 Å². The average molecular weight is 278 g/mol. The molecule has 0 atom stereocenters. The first kappa shape index (κ1) is 7.53. The van der Waals surface area contributed by atoms with Gasteiger partial charge in [-0.2, -0.15) is 2.78 Å². The van der Waals surface area contributed by atoms with Crippen molar-refractivity contribution in [3.63, 3.8) is 0 Å². The molecule has 2 heterocycles. The molecule has 0 unspecified atom stereocenters. The summed E-state index contributed by atoms with van der Waals surface area (Å²) in [6.07, 6.45) is 1.36. The third kappa shape index (κ3) is 0.891. The second-order valence-electron chi connectivity index (χ2n) is 2.14. The lowest BCUT2D eigenvalue weighted by atomic mass is 10.5. The molecule has 0 aromatic carbocycles. The van der Waals surface area contributed by atoms with E-state index in [1.54, 1.807) is 22.9 Å². The predicted octanol–water partition coefficient (Wildman–Crippen LogP) is -0.389. The van der Waals surface area contributed by atoms with E-state index in [0.29, 0.717) is 5.52 Å². The first-order valence-electron chi connectivity index (χ1n) is 3.04. The Kier molecular flexibility index (Phi) is 1.53. The molecule has 2 aromatic heterocycles. The van der Waals surface area contributed by atoms with Crippen molar-refractivity contribution in [2.45, 2.75) is 0 Å². The minimum atomic E-state index is -0.472. The van der Waals surface area contributed by atoms with Crippen molar-refractivity contribution in [2.75, 3.05) is 0 Å². The Labute approximate surface area is 79.1 Å². The van der Waals surface area contributed by atoms with Crippen molar-refractivity contribution in [1.82, 2.24) is 17.7 Å². The van der Waals surface area contributed by atoms with Gasteiger partial charge in [0.15, 0.2) is 5.65 Å². The number of hydrogen-bond acceptors (Lipinski definition) is 3. The quantitative estimate of drug-likeness (QED) is 0.644. The normalized spacial score (nSPS) is 10.8. The van der Waals surface area contributed by atoms with E-state index in [1.807, 2.05) is 0 Å². The van der Waals surface area contributed by atoms with E-state index < -0.39 is 5.69 Å². The predicted molar refractivity (Wildman–Crippen MR) is 50.4 cm³/mol. The Morgan fingerprint density at radius 2 is 2.25 bits per heavy atom. The second-order valence-corrected chi connectivity index (χ2v) is 3.11. The van der Waals surface area contributed by atoms with Crippen LogP contribution < -0.4 is 11.2 Å². The number of imidazole rings is 1. The Morgan fingerprint density at radius 3 is 3.00 bits per heavy atom. The number of fused-ring (bicyclic) bond motifs is 1. The fourth-order valence-corrected chi connectivity index (χ4v) is 1.25. The zero-order chi connectivity index (χ0) is 8.72. The number of nitrogens with zero attached hydrogens (tertiary/aromatic N) is 2. The number of halogens is 1. The number of rotatable bonds is 0. The fraction of sp³-hybridized carbons (Fsp3) is 0. The van der Waals surface area contributed by atoms with Crippen LogP contribution in [0.25, 0.3) is 11.2 Å². The smallest absolute Gasteiger partial charge is 0.339 e. The van der Waals surface area contributed by atoms with Crippen molar-refractivity contribution in [2.24, 2.45) is 0 Å². The Hall–Kier alpha value is -1.12. The topological polar surface area (TPSA) is 83.5 Å². The summed E-state index contributed by atoms with van der Waals surface area (Å²) in [6, 6.07) is 0. The monoisotopic (exact) mass is 278 g/mol. The van der Waals surface area contributed by atoms with E-state index in [2.05, 4.69) is 15.0 Å². The van der Waals surface area contributed by atoms with E-state index >= 15 is 0 Å². The molecule has 2 N–H and O–H groups in total. The number of nitrogens with one attached hydrogen (secondary N) is 2. The van der Waals surface area contributed by atoms with Crippen LogP contribution >= 0.6 is 22.9 Å². The van der Waals surface area contributed by atoms with Gasteiger partial charge in [0.25, 0.3) is 5.56 Å². The van der Waals surface area contributed by atoms with Gasteiger partial charge in [0.2, 0.25) is 0 Å². The van der Waals surface area contributed by atoms with Crippen molar-refractivity contribution in [3.8, 4) is 0 Å². The maximum Gasteiger partial charge on any atom is 0.339 e. The van der Waals surface area contributed by atoms with Crippen LogP contribution in [0.3, 0.4) is 0 Å². The van der Waals surface area contributed by atoms with E-state index in [1.165, 1.54) is 6.33 Å². The summed E-state index contributed by atoms with van der Waals surface area (Å²) in [5.74, 6) is 0. The molecule has 0 radical (unpaired) electrons. The van der Waals surface area contributed by atoms with E-state index in [9.17, 15) is 9.59 Å². The highest BCUT2D eigenvalue weighted by atomic mass is 127. The van der Waals surface area contributed by atoms with Crippen LogP contribution in [0.4, 0.5) is 0 Å². The Bertz CT molecular complexity index is 536. The lowest BCUT2D eigenvalue weighted by Gasteiger charge is -1.90. The highest BCUT2D eigenvalue weighted by Gasteiger charge is 2.05. The van der Waals surface area contributed by atoms with Gasteiger partial charge in [-0.15, -0.1) is 0 Å². The van der Waals surface area contributed by atoms with Crippen LogP contribution in [0.15, 0.2) is 15.9 Å². The number of H-pyrrole nitrogens is 2. The van der Waals surface area contributed by atoms with E-state index in [4.69, 9.17) is 0 Å². The van der Waals surface area contributed by atoms with Crippen LogP contribution in [0.5, 0.6) is 0 Å². The van der Waals surface area contributed by atoms with Gasteiger partial charge in [-0.1, -0.05) is 0 Å². The summed E-state index contributed by atoms with van der Waals surface area (Å²) in [5.41, 5.74) is -0.256. The molecule has 2 aromatic rings. The molecule has 0 aliphatic carbocycles. The van der Waals surface area contributed by atoms with Gasteiger partial charge in [-0.25, -0.2) is 9.78 Å². The molecule has 0 bridgehead atoms. The van der Waals surface area contributed by atoms with Crippen LogP contribution in [-0.2, 0) is 0 Å². The van der Waals surface area contributed by atoms with Gasteiger partial charge in [0.05, 0.1) is 29.2 Å². The summed E-state index contributed by atoms with van der Waals surface area (Å²) in [4.78, 5) is 31.1. The van der Waals surface area contributed by atoms with Crippen molar-refractivity contribution < 1.29 is 0 Å². The van der Waals surface area contributed by atoms with E-state index in [0.717, 1.165) is 2.78 Å². The third-order valence-electron chi connectivity index (χ3n) is 1.44. The van der Waals surface area contributed by atoms with Crippen LogP contribution in [0, 0.1) is 0 Å². The second kappa shape index (κ2) is 2.44. The molecule has 12 heavy (non-hydrogen) atoms. The molecule has 2 rings (SSSR count). The fourth-order valence-electron chi connectivity index (χ4n) is 0.893. The standard InChI is InChI=1S/C5H3IN4O2/c6-10-4(11)2-3(8-1-7-2)9-5(10)12/h1H,(H,7,8)(H,9,12). The summed E-state index contributed by atoms with van der Waals surface area (Å²) >= 11 is 1.63. The minimum absolute atomic E-state index is 0.290.